The zero-order chi connectivity index (χ0) is 32.1. The number of nitrogens with zero attached hydrogens (tertiary/aromatic N) is 1. The highest BCUT2D eigenvalue weighted by molar-refractivity contribution is 6.53. The minimum absolute atomic E-state index is 0.0105. The van der Waals surface area contributed by atoms with Gasteiger partial charge in [-0.15, -0.1) is 0 Å². The molecule has 10 heteroatoms. The molecule has 0 saturated heterocycles. The van der Waals surface area contributed by atoms with Gasteiger partial charge in [-0.05, 0) is 59.2 Å². The zero-order valence-electron chi connectivity index (χ0n) is 25.4. The van der Waals surface area contributed by atoms with Gasteiger partial charge in [-0.1, -0.05) is 42.5 Å². The summed E-state index contributed by atoms with van der Waals surface area (Å²) in [6.07, 6.45) is 0. The lowest BCUT2D eigenvalue weighted by Crippen LogP contribution is -2.37. The lowest BCUT2D eigenvalue weighted by atomic mass is 9.95. The van der Waals surface area contributed by atoms with E-state index in [0.717, 1.165) is 5.56 Å². The molecule has 5 rings (SSSR count). The second-order valence-electron chi connectivity index (χ2n) is 9.78. The van der Waals surface area contributed by atoms with E-state index in [1.807, 2.05) is 30.3 Å². The number of amides is 3. The van der Waals surface area contributed by atoms with Gasteiger partial charge in [0.1, 0.15) is 6.61 Å². The topological polar surface area (TPSA) is 110 Å². The number of benzene rings is 4. The molecule has 0 radical (unpaired) electrons. The first-order chi connectivity index (χ1) is 21.8. The van der Waals surface area contributed by atoms with E-state index in [0.29, 0.717) is 44.8 Å². The van der Waals surface area contributed by atoms with Crippen molar-refractivity contribution in [3.05, 3.63) is 107 Å². The molecule has 4 aromatic carbocycles. The monoisotopic (exact) mass is 609 g/mol. The van der Waals surface area contributed by atoms with E-state index in [-0.39, 0.29) is 29.1 Å². The third kappa shape index (κ3) is 5.90. The van der Waals surface area contributed by atoms with E-state index in [4.69, 9.17) is 28.4 Å². The lowest BCUT2D eigenvalue weighted by molar-refractivity contribution is -0.132. The highest BCUT2D eigenvalue weighted by atomic mass is 16.5. The fraction of sp³-hybridized carbons (Fsp3) is 0.171. The molecule has 10 nitrogen and oxygen atoms in total. The van der Waals surface area contributed by atoms with Crippen LogP contribution in [-0.2, 0) is 16.2 Å². The Kier molecular flexibility index (Phi) is 9.04. The molecule has 1 heterocycles. The Hall–Kier alpha value is -5.77. The summed E-state index contributed by atoms with van der Waals surface area (Å²) in [5, 5.41) is 0. The number of hydrogen-bond acceptors (Lipinski definition) is 9. The average molecular weight is 610 g/mol. The summed E-state index contributed by atoms with van der Waals surface area (Å²) in [6.45, 7) is 0.279. The molecule has 0 bridgehead atoms. The second-order valence-corrected chi connectivity index (χ2v) is 9.78. The number of rotatable bonds is 11. The zero-order valence-corrected chi connectivity index (χ0v) is 25.4. The van der Waals surface area contributed by atoms with Crippen LogP contribution in [0.25, 0.3) is 11.1 Å². The third-order valence-electron chi connectivity index (χ3n) is 7.28. The summed E-state index contributed by atoms with van der Waals surface area (Å²) in [6, 6.07) is 23.7. The molecule has 1 aliphatic rings. The number of carbonyl (C=O) groups is 3. The second kappa shape index (κ2) is 13.3. The third-order valence-corrected chi connectivity index (χ3v) is 7.28. The molecule has 3 amide bonds. The molecule has 0 aliphatic carbocycles. The van der Waals surface area contributed by atoms with Crippen molar-refractivity contribution in [3.63, 3.8) is 0 Å². The molecule has 0 atom stereocenters. The lowest BCUT2D eigenvalue weighted by Gasteiger charge is -2.16. The Morgan fingerprint density at radius 1 is 0.556 bits per heavy atom. The minimum atomic E-state index is -0.827. The smallest absolute Gasteiger partial charge is 0.269 e. The molecule has 0 fully saturated rings. The van der Waals surface area contributed by atoms with Crippen LogP contribution in [0.4, 0.5) is 0 Å². The first-order valence-electron chi connectivity index (χ1n) is 13.8. The fourth-order valence-electron chi connectivity index (χ4n) is 5.02. The normalized spacial score (nSPS) is 12.7. The van der Waals surface area contributed by atoms with Crippen LogP contribution in [0.3, 0.4) is 0 Å². The Balaban J connectivity index is 1.55. The van der Waals surface area contributed by atoms with Gasteiger partial charge >= 0.3 is 0 Å². The standard InChI is InChI=1S/C35H31NO9/c1-40-25-14-11-22(17-28(25)42-3)31-32(23-12-15-26(41-2)29(18-23)43-4)35(39)36(34(31)38)33(37)24-13-16-27(30(19-24)44-5)45-20-21-9-7-6-8-10-21/h6-19H,20H2,1-5H3. The molecule has 0 unspecified atom stereocenters. The number of methoxy groups -OCH3 is 5. The summed E-state index contributed by atoms with van der Waals surface area (Å²) < 4.78 is 33.0. The summed E-state index contributed by atoms with van der Waals surface area (Å²) in [4.78, 5) is 42.7. The number of imide groups is 3. The first-order valence-corrected chi connectivity index (χ1v) is 13.8. The summed E-state index contributed by atoms with van der Waals surface area (Å²) in [7, 11) is 7.34. The van der Waals surface area contributed by atoms with E-state index in [2.05, 4.69) is 0 Å². The van der Waals surface area contributed by atoms with Crippen molar-refractivity contribution in [1.82, 2.24) is 4.90 Å². The average Bonchev–Trinajstić information content (AvgIpc) is 3.35. The molecular formula is C35H31NO9. The van der Waals surface area contributed by atoms with Crippen LogP contribution in [0.2, 0.25) is 0 Å². The van der Waals surface area contributed by atoms with Crippen LogP contribution in [0.5, 0.6) is 34.5 Å². The molecule has 0 N–H and O–H groups in total. The Labute approximate surface area is 260 Å². The molecule has 4 aromatic rings. The summed E-state index contributed by atoms with van der Waals surface area (Å²) in [5.41, 5.74) is 1.74. The van der Waals surface area contributed by atoms with E-state index in [9.17, 15) is 14.4 Å². The van der Waals surface area contributed by atoms with Gasteiger partial charge in [-0.3, -0.25) is 14.4 Å². The van der Waals surface area contributed by atoms with Crippen LogP contribution in [0.1, 0.15) is 27.0 Å². The maximum atomic E-state index is 14.1. The van der Waals surface area contributed by atoms with Gasteiger partial charge in [0, 0.05) is 5.56 Å². The van der Waals surface area contributed by atoms with E-state index in [1.54, 1.807) is 42.5 Å². The molecule has 0 aromatic heterocycles. The van der Waals surface area contributed by atoms with E-state index in [1.165, 1.54) is 47.7 Å². The maximum absolute atomic E-state index is 14.1. The highest BCUT2D eigenvalue weighted by Crippen LogP contribution is 2.42. The van der Waals surface area contributed by atoms with Crippen LogP contribution in [-0.4, -0.2) is 58.2 Å². The van der Waals surface area contributed by atoms with Crippen LogP contribution < -0.4 is 28.4 Å². The highest BCUT2D eigenvalue weighted by Gasteiger charge is 2.44. The van der Waals surface area contributed by atoms with Crippen molar-refractivity contribution in [1.29, 1.82) is 0 Å². The molecule has 0 saturated carbocycles. The summed E-state index contributed by atoms with van der Waals surface area (Å²) in [5.74, 6) is -0.217. The van der Waals surface area contributed by atoms with Gasteiger partial charge in [0.2, 0.25) is 0 Å². The Morgan fingerprint density at radius 2 is 1.02 bits per heavy atom. The van der Waals surface area contributed by atoms with Gasteiger partial charge in [0.25, 0.3) is 17.7 Å². The fourth-order valence-corrected chi connectivity index (χ4v) is 5.02. The van der Waals surface area contributed by atoms with Gasteiger partial charge in [0.15, 0.2) is 34.5 Å². The molecule has 230 valence electrons. The Morgan fingerprint density at radius 3 is 1.51 bits per heavy atom. The van der Waals surface area contributed by atoms with Gasteiger partial charge < -0.3 is 28.4 Å². The SMILES string of the molecule is COc1ccc(C2=C(c3ccc(OC)c(OC)c3)C(=O)N(C(=O)c3ccc(OCc4ccccc4)c(OC)c3)C2=O)cc1OC. The van der Waals surface area contributed by atoms with E-state index >= 15 is 0 Å². The van der Waals surface area contributed by atoms with Gasteiger partial charge in [-0.2, -0.15) is 0 Å². The quantitative estimate of drug-likeness (QED) is 0.206. The molecule has 45 heavy (non-hydrogen) atoms. The van der Waals surface area contributed by atoms with Crippen molar-refractivity contribution in [2.45, 2.75) is 6.61 Å². The number of carbonyl (C=O) groups excluding carboxylic acids is 3. The maximum Gasteiger partial charge on any atom is 0.269 e. The number of ether oxygens (including phenoxy) is 6. The first kappa shape index (κ1) is 30.7. The van der Waals surface area contributed by atoms with E-state index < -0.39 is 17.7 Å². The molecule has 1 aliphatic heterocycles. The largest absolute Gasteiger partial charge is 0.493 e. The summed E-state index contributed by atoms with van der Waals surface area (Å²) >= 11 is 0. The van der Waals surface area contributed by atoms with Crippen molar-refractivity contribution in [2.75, 3.05) is 35.5 Å². The Bertz CT molecular complexity index is 1720. The van der Waals surface area contributed by atoms with Crippen molar-refractivity contribution >= 4 is 28.9 Å². The van der Waals surface area contributed by atoms with Crippen molar-refractivity contribution in [3.8, 4) is 34.5 Å². The minimum Gasteiger partial charge on any atom is -0.493 e. The van der Waals surface area contributed by atoms with Gasteiger partial charge in [-0.25, -0.2) is 4.90 Å². The predicted octanol–water partition coefficient (Wildman–Crippen LogP) is 5.43. The van der Waals surface area contributed by atoms with Crippen LogP contribution >= 0.6 is 0 Å². The van der Waals surface area contributed by atoms with Crippen molar-refractivity contribution in [2.24, 2.45) is 0 Å². The molecular weight excluding hydrogens is 578 g/mol. The van der Waals surface area contributed by atoms with Crippen LogP contribution in [0.15, 0.2) is 84.9 Å². The number of hydrogen-bond donors (Lipinski definition) is 0. The predicted molar refractivity (Wildman–Crippen MR) is 166 cm³/mol. The van der Waals surface area contributed by atoms with Crippen LogP contribution in [0, 0.1) is 0 Å². The van der Waals surface area contributed by atoms with Crippen molar-refractivity contribution < 1.29 is 42.8 Å². The van der Waals surface area contributed by atoms with Gasteiger partial charge in [0.05, 0.1) is 46.7 Å². The molecule has 0 spiro atoms.